The third-order valence-corrected chi connectivity index (χ3v) is 6.19. The van der Waals surface area contributed by atoms with E-state index in [2.05, 4.69) is 26.1 Å². The Balaban J connectivity index is 2.01. The second kappa shape index (κ2) is 8.74. The number of dihydropyridines is 1. The predicted octanol–water partition coefficient (Wildman–Crippen LogP) is 4.73. The number of hydrogen-bond donors (Lipinski definition) is 1. The van der Waals surface area contributed by atoms with E-state index < -0.39 is 11.9 Å². The van der Waals surface area contributed by atoms with Gasteiger partial charge in [-0.3, -0.25) is 4.79 Å². The lowest BCUT2D eigenvalue weighted by atomic mass is 9.68. The number of hydrogen-bond acceptors (Lipinski definition) is 5. The summed E-state index contributed by atoms with van der Waals surface area (Å²) in [6.07, 6.45) is 1.14. The van der Waals surface area contributed by atoms with Gasteiger partial charge in [-0.1, -0.05) is 32.9 Å². The molecule has 1 heterocycles. The van der Waals surface area contributed by atoms with E-state index in [-0.39, 0.29) is 17.0 Å². The number of allylic oxidation sites excluding steroid dienone is 3. The zero-order chi connectivity index (χ0) is 21.2. The summed E-state index contributed by atoms with van der Waals surface area (Å²) >= 11 is 1.70. The predicted molar refractivity (Wildman–Crippen MR) is 114 cm³/mol. The van der Waals surface area contributed by atoms with Gasteiger partial charge in [-0.15, -0.1) is 0 Å². The first kappa shape index (κ1) is 21.6. The second-order valence-corrected chi connectivity index (χ2v) is 9.71. The molecule has 0 saturated heterocycles. The third-order valence-electron chi connectivity index (χ3n) is 5.33. The average molecular weight is 418 g/mol. The molecule has 0 fully saturated rings. The SMILES string of the molecule is CCSCCOC(=O)C1=C(C)NC2=C(C(=O)CC(C)(C)C2)[C@@H]1c1ccc(F)cc1. The first-order valence-electron chi connectivity index (χ1n) is 9.98. The van der Waals surface area contributed by atoms with Crippen molar-refractivity contribution in [3.63, 3.8) is 0 Å². The number of nitrogens with one attached hydrogen (secondary N) is 1. The van der Waals surface area contributed by atoms with Crippen LogP contribution >= 0.6 is 11.8 Å². The fourth-order valence-electron chi connectivity index (χ4n) is 4.11. The van der Waals surface area contributed by atoms with E-state index >= 15 is 0 Å². The fraction of sp³-hybridized carbons (Fsp3) is 0.478. The molecule has 0 amide bonds. The van der Waals surface area contributed by atoms with Gasteiger partial charge in [-0.25, -0.2) is 9.18 Å². The molecule has 0 saturated carbocycles. The number of benzene rings is 1. The first-order valence-corrected chi connectivity index (χ1v) is 11.1. The monoisotopic (exact) mass is 417 g/mol. The summed E-state index contributed by atoms with van der Waals surface area (Å²) in [7, 11) is 0. The maximum absolute atomic E-state index is 13.5. The first-order chi connectivity index (χ1) is 13.7. The molecule has 4 nitrogen and oxygen atoms in total. The number of rotatable bonds is 6. The lowest BCUT2D eigenvalue weighted by Crippen LogP contribution is -2.38. The molecule has 1 atom stereocenters. The summed E-state index contributed by atoms with van der Waals surface area (Å²) in [6.45, 7) is 8.34. The maximum Gasteiger partial charge on any atom is 0.336 e. The molecule has 6 heteroatoms. The summed E-state index contributed by atoms with van der Waals surface area (Å²) in [6, 6.07) is 6.03. The molecule has 3 rings (SSSR count). The molecule has 0 unspecified atom stereocenters. The minimum atomic E-state index is -0.540. The Morgan fingerprint density at radius 1 is 1.28 bits per heavy atom. The smallest absolute Gasteiger partial charge is 0.336 e. The highest BCUT2D eigenvalue weighted by atomic mass is 32.2. The van der Waals surface area contributed by atoms with Gasteiger partial charge in [0.05, 0.1) is 5.57 Å². The zero-order valence-corrected chi connectivity index (χ0v) is 18.2. The standard InChI is InChI=1S/C23H28FNO3S/c1-5-29-11-10-28-22(27)19-14(2)25-17-12-23(3,4)13-18(26)21(17)20(19)15-6-8-16(24)9-7-15/h6-9,20,25H,5,10-13H2,1-4H3/t20-/m1/s1. The van der Waals surface area contributed by atoms with E-state index in [0.29, 0.717) is 29.9 Å². The van der Waals surface area contributed by atoms with Gasteiger partial charge in [-0.05, 0) is 42.2 Å². The van der Waals surface area contributed by atoms with Crippen LogP contribution in [0.2, 0.25) is 0 Å². The number of thioether (sulfide) groups is 1. The molecule has 0 bridgehead atoms. The van der Waals surface area contributed by atoms with Crippen molar-refractivity contribution in [3.8, 4) is 0 Å². The summed E-state index contributed by atoms with van der Waals surface area (Å²) in [5, 5.41) is 3.31. The lowest BCUT2D eigenvalue weighted by molar-refractivity contribution is -0.138. The van der Waals surface area contributed by atoms with Crippen LogP contribution in [-0.2, 0) is 14.3 Å². The summed E-state index contributed by atoms with van der Waals surface area (Å²) in [5.74, 6) is 0.392. The summed E-state index contributed by atoms with van der Waals surface area (Å²) < 4.78 is 19.1. The van der Waals surface area contributed by atoms with Crippen LogP contribution in [-0.4, -0.2) is 29.9 Å². The van der Waals surface area contributed by atoms with Crippen molar-refractivity contribution in [2.75, 3.05) is 18.1 Å². The molecular weight excluding hydrogens is 389 g/mol. The van der Waals surface area contributed by atoms with Crippen LogP contribution in [0.25, 0.3) is 0 Å². The molecule has 1 aliphatic carbocycles. The van der Waals surface area contributed by atoms with Crippen LogP contribution in [0.1, 0.15) is 52.0 Å². The summed E-state index contributed by atoms with van der Waals surface area (Å²) in [5.41, 5.74) is 3.17. The van der Waals surface area contributed by atoms with Gasteiger partial charge in [0.15, 0.2) is 5.78 Å². The van der Waals surface area contributed by atoms with Crippen LogP contribution in [0.15, 0.2) is 46.8 Å². The summed E-state index contributed by atoms with van der Waals surface area (Å²) in [4.78, 5) is 26.1. The van der Waals surface area contributed by atoms with Gasteiger partial charge in [0, 0.05) is 35.1 Å². The molecule has 29 heavy (non-hydrogen) atoms. The Morgan fingerprint density at radius 2 is 1.97 bits per heavy atom. The van der Waals surface area contributed by atoms with Crippen LogP contribution in [0, 0.1) is 11.2 Å². The van der Waals surface area contributed by atoms with E-state index in [0.717, 1.165) is 29.2 Å². The van der Waals surface area contributed by atoms with Gasteiger partial charge >= 0.3 is 5.97 Å². The minimum Gasteiger partial charge on any atom is -0.461 e. The van der Waals surface area contributed by atoms with Crippen LogP contribution in [0.4, 0.5) is 4.39 Å². The van der Waals surface area contributed by atoms with E-state index in [1.807, 2.05) is 6.92 Å². The van der Waals surface area contributed by atoms with Crippen LogP contribution in [0.3, 0.4) is 0 Å². The van der Waals surface area contributed by atoms with E-state index in [9.17, 15) is 14.0 Å². The lowest BCUT2D eigenvalue weighted by Gasteiger charge is -2.39. The minimum absolute atomic E-state index is 0.0254. The van der Waals surface area contributed by atoms with E-state index in [1.165, 1.54) is 12.1 Å². The van der Waals surface area contributed by atoms with E-state index in [1.54, 1.807) is 23.9 Å². The number of ketones is 1. The molecule has 0 spiro atoms. The molecular formula is C23H28FNO3S. The van der Waals surface area contributed by atoms with Crippen molar-refractivity contribution in [1.82, 2.24) is 5.32 Å². The molecule has 0 aromatic heterocycles. The quantitative estimate of drug-likeness (QED) is 0.536. The Hall–Kier alpha value is -2.08. The van der Waals surface area contributed by atoms with Gasteiger partial charge < -0.3 is 10.1 Å². The largest absolute Gasteiger partial charge is 0.461 e. The second-order valence-electron chi connectivity index (χ2n) is 8.31. The molecule has 1 aromatic carbocycles. The molecule has 2 aliphatic rings. The molecule has 1 aliphatic heterocycles. The van der Waals surface area contributed by atoms with Crippen molar-refractivity contribution in [2.45, 2.75) is 46.5 Å². The van der Waals surface area contributed by atoms with Gasteiger partial charge in [0.1, 0.15) is 12.4 Å². The van der Waals surface area contributed by atoms with Crippen LogP contribution < -0.4 is 5.32 Å². The Kier molecular flexibility index (Phi) is 6.52. The number of Topliss-reactive ketones (excluding diaryl/α,β-unsaturated/α-hetero) is 1. The number of halogens is 1. The molecule has 1 aromatic rings. The highest BCUT2D eigenvalue weighted by Gasteiger charge is 2.43. The number of carbonyl (C=O) groups is 2. The highest BCUT2D eigenvalue weighted by Crippen LogP contribution is 2.46. The van der Waals surface area contributed by atoms with Crippen LogP contribution in [0.5, 0.6) is 0 Å². The van der Waals surface area contributed by atoms with Gasteiger partial charge in [-0.2, -0.15) is 11.8 Å². The van der Waals surface area contributed by atoms with Gasteiger partial charge in [0.2, 0.25) is 0 Å². The zero-order valence-electron chi connectivity index (χ0n) is 17.4. The fourth-order valence-corrected chi connectivity index (χ4v) is 4.60. The molecule has 1 N–H and O–H groups in total. The van der Waals surface area contributed by atoms with Crippen molar-refractivity contribution in [1.29, 1.82) is 0 Å². The normalized spacial score (nSPS) is 21.0. The van der Waals surface area contributed by atoms with Crippen molar-refractivity contribution < 1.29 is 18.7 Å². The van der Waals surface area contributed by atoms with E-state index in [4.69, 9.17) is 4.74 Å². The molecule has 0 radical (unpaired) electrons. The number of esters is 1. The van der Waals surface area contributed by atoms with Crippen molar-refractivity contribution in [2.24, 2.45) is 5.41 Å². The van der Waals surface area contributed by atoms with Crippen molar-refractivity contribution in [3.05, 3.63) is 58.2 Å². The Labute approximate surface area is 176 Å². The Bertz CT molecular complexity index is 871. The third kappa shape index (κ3) is 4.74. The average Bonchev–Trinajstić information content (AvgIpc) is 2.63. The highest BCUT2D eigenvalue weighted by molar-refractivity contribution is 7.99. The maximum atomic E-state index is 13.5. The number of ether oxygens (including phenoxy) is 1. The van der Waals surface area contributed by atoms with Crippen molar-refractivity contribution >= 4 is 23.5 Å². The number of carbonyl (C=O) groups excluding carboxylic acids is 2. The molecule has 156 valence electrons. The van der Waals surface area contributed by atoms with Gasteiger partial charge in [0.25, 0.3) is 0 Å². The topological polar surface area (TPSA) is 55.4 Å². The Morgan fingerprint density at radius 3 is 2.62 bits per heavy atom.